The average Bonchev–Trinajstić information content (AvgIpc) is 2.97. The van der Waals surface area contributed by atoms with Crippen LogP contribution in [0.1, 0.15) is 32.1 Å². The third-order valence-corrected chi connectivity index (χ3v) is 4.74. The lowest BCUT2D eigenvalue weighted by Crippen LogP contribution is -2.53. The fourth-order valence-corrected chi connectivity index (χ4v) is 2.86. The molecule has 1 heterocycles. The molecule has 15 heteroatoms. The van der Waals surface area contributed by atoms with Gasteiger partial charge in [-0.15, -0.1) is 0 Å². The number of likely N-dealkylation sites (tertiary alicyclic amines) is 1. The van der Waals surface area contributed by atoms with Gasteiger partial charge in [-0.05, 0) is 6.42 Å². The highest BCUT2D eigenvalue weighted by Gasteiger charge is 2.50. The quantitative estimate of drug-likeness (QED) is 0.131. The molecule has 0 spiro atoms. The predicted molar refractivity (Wildman–Crippen MR) is 99.5 cm³/mol. The SMILES string of the molecule is NC(CCNC(=O)CC(O)(CC(=O)OCCN1C(=O)CCC1(O)C(=O)O)C(=O)O)C(=O)O. The molecule has 1 saturated heterocycles. The first-order chi connectivity index (χ1) is 14.7. The maximum Gasteiger partial charge on any atom is 0.357 e. The summed E-state index contributed by atoms with van der Waals surface area (Å²) in [7, 11) is 0. The van der Waals surface area contributed by atoms with Crippen LogP contribution < -0.4 is 11.1 Å². The molecule has 2 amide bonds. The predicted octanol–water partition coefficient (Wildman–Crippen LogP) is -3.56. The van der Waals surface area contributed by atoms with E-state index >= 15 is 0 Å². The van der Waals surface area contributed by atoms with Gasteiger partial charge in [0.05, 0.1) is 19.4 Å². The van der Waals surface area contributed by atoms with Crippen LogP contribution >= 0.6 is 0 Å². The molecule has 32 heavy (non-hydrogen) atoms. The maximum atomic E-state index is 11.9. The van der Waals surface area contributed by atoms with Crippen LogP contribution in [0.5, 0.6) is 0 Å². The highest BCUT2D eigenvalue weighted by Crippen LogP contribution is 2.27. The van der Waals surface area contributed by atoms with Gasteiger partial charge in [-0.2, -0.15) is 0 Å². The Morgan fingerprint density at radius 3 is 2.34 bits per heavy atom. The number of rotatable bonds is 13. The zero-order valence-electron chi connectivity index (χ0n) is 16.9. The molecule has 180 valence electrons. The number of nitrogens with one attached hydrogen (secondary N) is 1. The lowest BCUT2D eigenvalue weighted by atomic mass is 9.95. The number of amides is 2. The van der Waals surface area contributed by atoms with E-state index in [9.17, 15) is 44.1 Å². The second-order valence-electron chi connectivity index (χ2n) is 7.16. The van der Waals surface area contributed by atoms with E-state index in [1.807, 2.05) is 0 Å². The van der Waals surface area contributed by atoms with Gasteiger partial charge < -0.3 is 46.2 Å². The van der Waals surface area contributed by atoms with E-state index in [1.165, 1.54) is 0 Å². The van der Waals surface area contributed by atoms with Crippen molar-refractivity contribution in [2.75, 3.05) is 19.7 Å². The van der Waals surface area contributed by atoms with Gasteiger partial charge in [0.1, 0.15) is 12.6 Å². The Labute approximate surface area is 180 Å². The number of esters is 1. The lowest BCUT2D eigenvalue weighted by Gasteiger charge is -2.29. The Kier molecular flexibility index (Phi) is 9.05. The summed E-state index contributed by atoms with van der Waals surface area (Å²) >= 11 is 0. The van der Waals surface area contributed by atoms with Crippen molar-refractivity contribution >= 4 is 35.7 Å². The summed E-state index contributed by atoms with van der Waals surface area (Å²) in [5.74, 6) is -7.81. The summed E-state index contributed by atoms with van der Waals surface area (Å²) < 4.78 is 4.72. The Morgan fingerprint density at radius 2 is 1.81 bits per heavy atom. The second kappa shape index (κ2) is 10.8. The molecule has 1 fully saturated rings. The van der Waals surface area contributed by atoms with Crippen LogP contribution in [0.2, 0.25) is 0 Å². The van der Waals surface area contributed by atoms with Crippen molar-refractivity contribution < 1.29 is 59.0 Å². The van der Waals surface area contributed by atoms with Crippen LogP contribution in [0, 0.1) is 0 Å². The van der Waals surface area contributed by atoms with Crippen molar-refractivity contribution in [3.8, 4) is 0 Å². The molecule has 3 atom stereocenters. The van der Waals surface area contributed by atoms with Crippen molar-refractivity contribution in [2.45, 2.75) is 49.5 Å². The molecule has 0 bridgehead atoms. The first-order valence-electron chi connectivity index (χ1n) is 9.35. The number of carboxylic acids is 3. The highest BCUT2D eigenvalue weighted by atomic mass is 16.5. The molecule has 15 nitrogen and oxygen atoms in total. The smallest absolute Gasteiger partial charge is 0.357 e. The van der Waals surface area contributed by atoms with E-state index in [2.05, 4.69) is 5.32 Å². The van der Waals surface area contributed by atoms with E-state index in [0.717, 1.165) is 0 Å². The molecule has 1 rings (SSSR count). The number of hydrogen-bond donors (Lipinski definition) is 7. The minimum absolute atomic E-state index is 0.160. The van der Waals surface area contributed by atoms with Crippen molar-refractivity contribution in [3.63, 3.8) is 0 Å². The van der Waals surface area contributed by atoms with Crippen molar-refractivity contribution in [2.24, 2.45) is 5.73 Å². The van der Waals surface area contributed by atoms with Gasteiger partial charge in [0.2, 0.25) is 17.5 Å². The van der Waals surface area contributed by atoms with Crippen LogP contribution in [0.3, 0.4) is 0 Å². The minimum atomic E-state index is -2.85. The number of aliphatic hydroxyl groups is 2. The summed E-state index contributed by atoms with van der Waals surface area (Å²) in [4.78, 5) is 69.2. The van der Waals surface area contributed by atoms with Gasteiger partial charge in [0.15, 0.2) is 5.60 Å². The fourth-order valence-electron chi connectivity index (χ4n) is 2.86. The number of carbonyl (C=O) groups is 6. The Morgan fingerprint density at radius 1 is 1.19 bits per heavy atom. The lowest BCUT2D eigenvalue weighted by molar-refractivity contribution is -0.182. The molecule has 1 aliphatic heterocycles. The number of carboxylic acid groups (broad SMARTS) is 3. The molecule has 0 aliphatic carbocycles. The van der Waals surface area contributed by atoms with Crippen LogP contribution in [-0.4, -0.2) is 103 Å². The summed E-state index contributed by atoms with van der Waals surface area (Å²) in [6.45, 7) is -1.32. The topological polar surface area (TPSA) is 254 Å². The highest BCUT2D eigenvalue weighted by molar-refractivity contribution is 5.91. The number of nitrogens with two attached hydrogens (primary N) is 1. The van der Waals surface area contributed by atoms with Crippen LogP contribution in [0.4, 0.5) is 0 Å². The van der Waals surface area contributed by atoms with E-state index in [4.69, 9.17) is 20.7 Å². The van der Waals surface area contributed by atoms with Gasteiger partial charge in [-0.3, -0.25) is 19.2 Å². The first-order valence-corrected chi connectivity index (χ1v) is 9.35. The average molecular weight is 463 g/mol. The van der Waals surface area contributed by atoms with Crippen LogP contribution in [0.15, 0.2) is 0 Å². The molecular formula is C17H25N3O12. The van der Waals surface area contributed by atoms with Crippen molar-refractivity contribution in [1.29, 1.82) is 0 Å². The molecule has 0 aromatic rings. The molecule has 0 aromatic heterocycles. The molecule has 8 N–H and O–H groups in total. The van der Waals surface area contributed by atoms with E-state index < -0.39 is 79.1 Å². The standard InChI is InChI=1S/C17H25N3O12/c18-9(13(24)25)2-4-19-10(21)7-16(30,14(26)27)8-12(23)32-6-5-20-11(22)1-3-17(20,31)15(28)29/h9,30-31H,1-8,18H2,(H,19,21)(H,24,25)(H,26,27)(H,28,29). The maximum absolute atomic E-state index is 11.9. The van der Waals surface area contributed by atoms with Gasteiger partial charge in [-0.1, -0.05) is 0 Å². The molecule has 0 saturated carbocycles. The fraction of sp³-hybridized carbons (Fsp3) is 0.647. The largest absolute Gasteiger partial charge is 0.480 e. The van der Waals surface area contributed by atoms with Crippen LogP contribution in [-0.2, 0) is 33.5 Å². The number of nitrogens with zero attached hydrogens (tertiary/aromatic N) is 1. The summed E-state index contributed by atoms with van der Waals surface area (Å²) in [5.41, 5.74) is -0.0483. The Balaban J connectivity index is 2.58. The molecule has 0 radical (unpaired) electrons. The molecule has 1 aliphatic rings. The monoisotopic (exact) mass is 463 g/mol. The third kappa shape index (κ3) is 6.86. The van der Waals surface area contributed by atoms with Crippen LogP contribution in [0.25, 0.3) is 0 Å². The summed E-state index contributed by atoms with van der Waals surface area (Å²) in [5, 5.41) is 49.3. The molecular weight excluding hydrogens is 438 g/mol. The van der Waals surface area contributed by atoms with Gasteiger partial charge in [0.25, 0.3) is 0 Å². The zero-order valence-corrected chi connectivity index (χ0v) is 16.9. The Hall–Kier alpha value is -3.30. The third-order valence-electron chi connectivity index (χ3n) is 4.74. The number of carbonyl (C=O) groups excluding carboxylic acids is 3. The minimum Gasteiger partial charge on any atom is -0.480 e. The van der Waals surface area contributed by atoms with Gasteiger partial charge >= 0.3 is 23.9 Å². The summed E-state index contributed by atoms with van der Waals surface area (Å²) in [6, 6.07) is -1.26. The number of ether oxygens (including phenoxy) is 1. The second-order valence-corrected chi connectivity index (χ2v) is 7.16. The van der Waals surface area contributed by atoms with Crippen molar-refractivity contribution in [1.82, 2.24) is 10.2 Å². The van der Waals surface area contributed by atoms with E-state index in [0.29, 0.717) is 4.90 Å². The number of aliphatic carboxylic acids is 3. The van der Waals surface area contributed by atoms with E-state index in [1.54, 1.807) is 0 Å². The van der Waals surface area contributed by atoms with Gasteiger partial charge in [-0.25, -0.2) is 9.59 Å². The normalized spacial score (nSPS) is 20.8. The number of hydrogen-bond acceptors (Lipinski definition) is 10. The van der Waals surface area contributed by atoms with E-state index in [-0.39, 0.29) is 25.8 Å². The zero-order chi connectivity index (χ0) is 24.7. The molecule has 3 unspecified atom stereocenters. The van der Waals surface area contributed by atoms with Crippen molar-refractivity contribution in [3.05, 3.63) is 0 Å². The summed E-state index contributed by atoms with van der Waals surface area (Å²) in [6.07, 6.45) is -2.96. The van der Waals surface area contributed by atoms with Gasteiger partial charge in [0, 0.05) is 19.4 Å². The first kappa shape index (κ1) is 26.7. The molecule has 0 aromatic carbocycles. The Bertz CT molecular complexity index is 787.